The SMILES string of the molecule is CB(O)N1CCC(C(=O)Cl)CC1. The molecule has 1 aliphatic rings. The fraction of sp³-hybridized carbons (Fsp3) is 0.857. The van der Waals surface area contributed by atoms with Gasteiger partial charge in [0, 0.05) is 5.92 Å². The molecule has 0 aromatic rings. The van der Waals surface area contributed by atoms with Gasteiger partial charge >= 0.3 is 7.05 Å². The van der Waals surface area contributed by atoms with Crippen LogP contribution in [-0.2, 0) is 4.79 Å². The van der Waals surface area contributed by atoms with Crippen molar-refractivity contribution in [1.29, 1.82) is 0 Å². The average Bonchev–Trinajstić information content (AvgIpc) is 2.04. The Bertz CT molecular complexity index is 169. The maximum absolute atomic E-state index is 10.8. The molecule has 1 heterocycles. The Labute approximate surface area is 77.8 Å². The molecule has 0 amide bonds. The lowest BCUT2D eigenvalue weighted by molar-refractivity contribution is -0.116. The molecule has 0 unspecified atom stereocenters. The molecule has 12 heavy (non-hydrogen) atoms. The fourth-order valence-electron chi connectivity index (χ4n) is 1.50. The smallest absolute Gasteiger partial charge is 0.376 e. The summed E-state index contributed by atoms with van der Waals surface area (Å²) < 4.78 is 0. The molecule has 68 valence electrons. The van der Waals surface area contributed by atoms with Crippen LogP contribution in [-0.4, -0.2) is 35.2 Å². The highest BCUT2D eigenvalue weighted by Crippen LogP contribution is 2.19. The lowest BCUT2D eigenvalue weighted by Gasteiger charge is -2.30. The lowest BCUT2D eigenvalue weighted by atomic mass is 9.81. The first kappa shape index (κ1) is 10.0. The molecule has 5 heteroatoms. The number of nitrogens with zero attached hydrogens (tertiary/aromatic N) is 1. The Kier molecular flexibility index (Phi) is 3.56. The molecule has 0 aromatic heterocycles. The van der Waals surface area contributed by atoms with Crippen LogP contribution in [0.4, 0.5) is 0 Å². The van der Waals surface area contributed by atoms with Crippen LogP contribution in [0.1, 0.15) is 12.8 Å². The highest BCUT2D eigenvalue weighted by molar-refractivity contribution is 6.64. The second-order valence-electron chi connectivity index (χ2n) is 3.25. The zero-order valence-electron chi connectivity index (χ0n) is 7.16. The third-order valence-electron chi connectivity index (χ3n) is 2.38. The van der Waals surface area contributed by atoms with Crippen molar-refractivity contribution in [1.82, 2.24) is 4.81 Å². The van der Waals surface area contributed by atoms with E-state index in [0.717, 1.165) is 25.9 Å². The molecular formula is C7H13BClNO2. The molecule has 1 rings (SSSR count). The molecule has 3 nitrogen and oxygen atoms in total. The Hall–Kier alpha value is -0.0551. The molecule has 0 saturated carbocycles. The molecule has 0 spiro atoms. The summed E-state index contributed by atoms with van der Waals surface area (Å²) in [5, 5.41) is 8.97. The van der Waals surface area contributed by atoms with Crippen molar-refractivity contribution in [3.8, 4) is 0 Å². The van der Waals surface area contributed by atoms with Crippen molar-refractivity contribution in [3.05, 3.63) is 0 Å². The standard InChI is InChI=1S/C7H13BClNO2/c1-8(12)10-4-2-6(3-5-10)7(9)11/h6,12H,2-5H2,1H3. The van der Waals surface area contributed by atoms with E-state index in [1.807, 2.05) is 4.81 Å². The molecule has 1 N–H and O–H groups in total. The molecular weight excluding hydrogens is 176 g/mol. The number of carbonyl (C=O) groups excluding carboxylic acids is 1. The van der Waals surface area contributed by atoms with E-state index >= 15 is 0 Å². The van der Waals surface area contributed by atoms with E-state index in [1.54, 1.807) is 6.82 Å². The fourth-order valence-corrected chi connectivity index (χ4v) is 1.72. The molecule has 0 aromatic carbocycles. The number of carbonyl (C=O) groups is 1. The lowest BCUT2D eigenvalue weighted by Crippen LogP contribution is -2.43. The number of halogens is 1. The summed E-state index contributed by atoms with van der Waals surface area (Å²) in [5.74, 6) is 0.00154. The number of rotatable bonds is 2. The van der Waals surface area contributed by atoms with Crippen molar-refractivity contribution in [3.63, 3.8) is 0 Å². The molecule has 1 aliphatic heterocycles. The molecule has 0 aliphatic carbocycles. The van der Waals surface area contributed by atoms with Gasteiger partial charge in [0.15, 0.2) is 0 Å². The van der Waals surface area contributed by atoms with Gasteiger partial charge in [-0.25, -0.2) is 0 Å². The first-order valence-corrected chi connectivity index (χ1v) is 4.60. The van der Waals surface area contributed by atoms with Gasteiger partial charge in [0.25, 0.3) is 0 Å². The van der Waals surface area contributed by atoms with Gasteiger partial charge in [-0.05, 0) is 44.4 Å². The molecule has 1 saturated heterocycles. The molecule has 0 bridgehead atoms. The summed E-state index contributed by atoms with van der Waals surface area (Å²) >= 11 is 5.36. The van der Waals surface area contributed by atoms with Gasteiger partial charge in [-0.1, -0.05) is 0 Å². The summed E-state index contributed by atoms with van der Waals surface area (Å²) in [7, 11) is -0.406. The molecule has 1 fully saturated rings. The first-order valence-electron chi connectivity index (χ1n) is 4.22. The maximum atomic E-state index is 10.8. The van der Waals surface area contributed by atoms with E-state index in [2.05, 4.69) is 0 Å². The van der Waals surface area contributed by atoms with E-state index in [1.165, 1.54) is 0 Å². The highest BCUT2D eigenvalue weighted by Gasteiger charge is 2.26. The van der Waals surface area contributed by atoms with E-state index < -0.39 is 7.05 Å². The summed E-state index contributed by atoms with van der Waals surface area (Å²) in [6, 6.07) is 0. The van der Waals surface area contributed by atoms with Gasteiger partial charge in [-0.3, -0.25) is 4.79 Å². The maximum Gasteiger partial charge on any atom is 0.376 e. The first-order chi connectivity index (χ1) is 5.61. The summed E-state index contributed by atoms with van der Waals surface area (Å²) in [4.78, 5) is 12.7. The third kappa shape index (κ3) is 2.47. The minimum Gasteiger partial charge on any atom is -0.437 e. The summed E-state index contributed by atoms with van der Waals surface area (Å²) in [5.41, 5.74) is 0. The summed E-state index contributed by atoms with van der Waals surface area (Å²) in [6.45, 7) is 3.27. The van der Waals surface area contributed by atoms with Gasteiger partial charge in [-0.15, -0.1) is 0 Å². The van der Waals surface area contributed by atoms with Gasteiger partial charge in [-0.2, -0.15) is 0 Å². The largest absolute Gasteiger partial charge is 0.437 e. The van der Waals surface area contributed by atoms with Crippen LogP contribution in [0.2, 0.25) is 6.82 Å². The Morgan fingerprint density at radius 3 is 2.42 bits per heavy atom. The minimum atomic E-state index is -0.406. The van der Waals surface area contributed by atoms with Crippen LogP contribution >= 0.6 is 11.6 Å². The third-order valence-corrected chi connectivity index (χ3v) is 2.69. The second-order valence-corrected chi connectivity index (χ2v) is 3.62. The van der Waals surface area contributed by atoms with Gasteiger partial charge < -0.3 is 9.83 Å². The molecule has 0 radical (unpaired) electrons. The van der Waals surface area contributed by atoms with Gasteiger partial charge in [0.05, 0.1) is 0 Å². The predicted octanol–water partition coefficient (Wildman–Crippen LogP) is 0.574. The topological polar surface area (TPSA) is 40.5 Å². The van der Waals surface area contributed by atoms with Crippen LogP contribution in [0, 0.1) is 5.92 Å². The quantitative estimate of drug-likeness (QED) is 0.510. The predicted molar refractivity (Wildman–Crippen MR) is 49.0 cm³/mol. The van der Waals surface area contributed by atoms with E-state index in [4.69, 9.17) is 11.6 Å². The van der Waals surface area contributed by atoms with Crippen molar-refractivity contribution in [2.45, 2.75) is 19.7 Å². The van der Waals surface area contributed by atoms with Crippen molar-refractivity contribution >= 4 is 23.9 Å². The number of piperidine rings is 1. The van der Waals surface area contributed by atoms with E-state index in [-0.39, 0.29) is 11.2 Å². The Balaban J connectivity index is 2.34. The molecule has 0 atom stereocenters. The van der Waals surface area contributed by atoms with Crippen molar-refractivity contribution in [2.24, 2.45) is 5.92 Å². The van der Waals surface area contributed by atoms with Crippen LogP contribution in [0.15, 0.2) is 0 Å². The Morgan fingerprint density at radius 1 is 1.58 bits per heavy atom. The monoisotopic (exact) mass is 189 g/mol. The van der Waals surface area contributed by atoms with Crippen molar-refractivity contribution in [2.75, 3.05) is 13.1 Å². The summed E-state index contributed by atoms with van der Waals surface area (Å²) in [6.07, 6.45) is 1.54. The van der Waals surface area contributed by atoms with E-state index in [0.29, 0.717) is 0 Å². The van der Waals surface area contributed by atoms with Crippen LogP contribution < -0.4 is 0 Å². The van der Waals surface area contributed by atoms with Crippen molar-refractivity contribution < 1.29 is 9.82 Å². The van der Waals surface area contributed by atoms with Crippen LogP contribution in [0.5, 0.6) is 0 Å². The number of hydrogen-bond acceptors (Lipinski definition) is 3. The van der Waals surface area contributed by atoms with Gasteiger partial charge in [0.2, 0.25) is 5.24 Å². The van der Waals surface area contributed by atoms with Crippen LogP contribution in [0.3, 0.4) is 0 Å². The second kappa shape index (κ2) is 4.26. The zero-order valence-corrected chi connectivity index (χ0v) is 7.92. The van der Waals surface area contributed by atoms with Gasteiger partial charge in [0.1, 0.15) is 0 Å². The Morgan fingerprint density at radius 2 is 2.08 bits per heavy atom. The number of hydrogen-bond donors (Lipinski definition) is 1. The normalized spacial score (nSPS) is 20.9. The minimum absolute atomic E-state index is 0.00154. The van der Waals surface area contributed by atoms with Crippen LogP contribution in [0.25, 0.3) is 0 Å². The van der Waals surface area contributed by atoms with E-state index in [9.17, 15) is 9.82 Å². The average molecular weight is 189 g/mol. The highest BCUT2D eigenvalue weighted by atomic mass is 35.5. The zero-order chi connectivity index (χ0) is 9.14.